The summed E-state index contributed by atoms with van der Waals surface area (Å²) < 4.78 is 10.8. The Hall–Kier alpha value is -1.22. The van der Waals surface area contributed by atoms with E-state index < -0.39 is 0 Å². The van der Waals surface area contributed by atoms with Crippen LogP contribution in [0.2, 0.25) is 0 Å². The number of ether oxygens (including phenoxy) is 2. The molecule has 0 saturated heterocycles. The fraction of sp³-hybridized carbons (Fsp3) is 0.667. The van der Waals surface area contributed by atoms with Crippen LogP contribution in [0, 0.1) is 5.92 Å². The quantitative estimate of drug-likeness (QED) is 0.755. The number of fused-ring (bicyclic) bond motifs is 1. The van der Waals surface area contributed by atoms with Crippen LogP contribution in [0.15, 0.2) is 18.2 Å². The molecule has 0 aromatic heterocycles. The van der Waals surface area contributed by atoms with Gasteiger partial charge in [-0.05, 0) is 56.8 Å². The predicted molar refractivity (Wildman–Crippen MR) is 87.0 cm³/mol. The highest BCUT2D eigenvalue weighted by Crippen LogP contribution is 2.33. The topological polar surface area (TPSA) is 21.7 Å². The molecule has 0 radical (unpaired) electrons. The summed E-state index contributed by atoms with van der Waals surface area (Å²) in [7, 11) is 0. The van der Waals surface area contributed by atoms with Gasteiger partial charge in [-0.25, -0.2) is 0 Å². The van der Waals surface area contributed by atoms with Crippen molar-refractivity contribution < 1.29 is 9.47 Å². The third-order valence-electron chi connectivity index (χ3n) is 4.28. The van der Waals surface area contributed by atoms with E-state index in [0.29, 0.717) is 18.9 Å². The highest BCUT2D eigenvalue weighted by molar-refractivity contribution is 5.44. The molecule has 2 atom stereocenters. The first-order valence-electron chi connectivity index (χ1n) is 8.15. The van der Waals surface area contributed by atoms with E-state index >= 15 is 0 Å². The molecule has 0 fully saturated rings. The Bertz CT molecular complexity index is 459. The number of hydrogen-bond donors (Lipinski definition) is 0. The fourth-order valence-corrected chi connectivity index (χ4v) is 3.40. The van der Waals surface area contributed by atoms with Gasteiger partial charge < -0.3 is 9.47 Å². The summed E-state index contributed by atoms with van der Waals surface area (Å²) in [5.41, 5.74) is 1.32. The summed E-state index contributed by atoms with van der Waals surface area (Å²) in [5, 5.41) is 0. The minimum absolute atomic E-state index is 0.348. The predicted octanol–water partition coefficient (Wildman–Crippen LogP) is 4.10. The summed E-state index contributed by atoms with van der Waals surface area (Å²) >= 11 is 0. The molecule has 0 aliphatic carbocycles. The molecule has 1 heterocycles. The Morgan fingerprint density at radius 2 is 1.76 bits per heavy atom. The summed E-state index contributed by atoms with van der Waals surface area (Å²) in [6, 6.07) is 7.46. The second-order valence-electron chi connectivity index (χ2n) is 6.55. The Kier molecular flexibility index (Phi) is 5.51. The zero-order valence-corrected chi connectivity index (χ0v) is 14.1. The lowest BCUT2D eigenvalue weighted by atomic mass is 9.99. The van der Waals surface area contributed by atoms with Gasteiger partial charge in [0.15, 0.2) is 11.5 Å². The van der Waals surface area contributed by atoms with Crippen LogP contribution < -0.4 is 9.47 Å². The van der Waals surface area contributed by atoms with E-state index in [2.05, 4.69) is 51.7 Å². The molecule has 3 heteroatoms. The second-order valence-corrected chi connectivity index (χ2v) is 6.55. The molecular formula is C18H29NO2. The Labute approximate surface area is 129 Å². The zero-order chi connectivity index (χ0) is 15.4. The first kappa shape index (κ1) is 16.2. The molecule has 0 spiro atoms. The van der Waals surface area contributed by atoms with Crippen LogP contribution in [0.3, 0.4) is 0 Å². The van der Waals surface area contributed by atoms with Gasteiger partial charge in [-0.15, -0.1) is 0 Å². The monoisotopic (exact) mass is 291 g/mol. The maximum atomic E-state index is 5.47. The fourth-order valence-electron chi connectivity index (χ4n) is 3.40. The molecule has 0 N–H and O–H groups in total. The molecule has 1 aliphatic rings. The molecule has 1 aromatic carbocycles. The standard InChI is InChI=1S/C18H29NO2/c1-6-19(14(4)9-13(2)3)15(5)10-16-7-8-17-18(11-16)21-12-20-17/h7-8,11,13-15H,6,9-10,12H2,1-5H3. The summed E-state index contributed by atoms with van der Waals surface area (Å²) in [4.78, 5) is 2.60. The molecule has 118 valence electrons. The summed E-state index contributed by atoms with van der Waals surface area (Å²) in [6.45, 7) is 13.0. The van der Waals surface area contributed by atoms with Crippen molar-refractivity contribution in [3.63, 3.8) is 0 Å². The highest BCUT2D eigenvalue weighted by Gasteiger charge is 2.21. The van der Waals surface area contributed by atoms with Crippen LogP contribution in [-0.2, 0) is 6.42 Å². The van der Waals surface area contributed by atoms with Crippen molar-refractivity contribution in [2.75, 3.05) is 13.3 Å². The highest BCUT2D eigenvalue weighted by atomic mass is 16.7. The number of rotatable bonds is 7. The molecule has 1 aromatic rings. The second kappa shape index (κ2) is 7.17. The largest absolute Gasteiger partial charge is 0.454 e. The van der Waals surface area contributed by atoms with Gasteiger partial charge in [-0.1, -0.05) is 26.8 Å². The first-order chi connectivity index (χ1) is 10.0. The lowest BCUT2D eigenvalue weighted by molar-refractivity contribution is 0.144. The third-order valence-corrected chi connectivity index (χ3v) is 4.28. The minimum atomic E-state index is 0.348. The van der Waals surface area contributed by atoms with Crippen molar-refractivity contribution >= 4 is 0 Å². The molecule has 3 nitrogen and oxygen atoms in total. The third kappa shape index (κ3) is 4.13. The molecule has 0 saturated carbocycles. The Morgan fingerprint density at radius 3 is 2.43 bits per heavy atom. The van der Waals surface area contributed by atoms with Crippen LogP contribution in [-0.4, -0.2) is 30.3 Å². The van der Waals surface area contributed by atoms with Crippen molar-refractivity contribution in [2.45, 2.75) is 59.5 Å². The molecule has 21 heavy (non-hydrogen) atoms. The van der Waals surface area contributed by atoms with Gasteiger partial charge in [0.25, 0.3) is 0 Å². The summed E-state index contributed by atoms with van der Waals surface area (Å²) in [5.74, 6) is 2.50. The van der Waals surface area contributed by atoms with Crippen LogP contribution >= 0.6 is 0 Å². The van der Waals surface area contributed by atoms with Crippen LogP contribution in [0.4, 0.5) is 0 Å². The molecule has 1 aliphatic heterocycles. The van der Waals surface area contributed by atoms with E-state index in [1.807, 2.05) is 6.07 Å². The molecule has 0 amide bonds. The van der Waals surface area contributed by atoms with E-state index in [1.54, 1.807) is 0 Å². The van der Waals surface area contributed by atoms with Crippen LogP contribution in [0.25, 0.3) is 0 Å². The van der Waals surface area contributed by atoms with Gasteiger partial charge in [-0.2, -0.15) is 0 Å². The lowest BCUT2D eigenvalue weighted by Gasteiger charge is -2.34. The number of likely N-dealkylation sites (N-methyl/N-ethyl adjacent to an activating group) is 1. The maximum absolute atomic E-state index is 5.47. The SMILES string of the molecule is CCN(C(C)Cc1ccc2c(c1)OCO2)C(C)CC(C)C. The Morgan fingerprint density at radius 1 is 1.05 bits per heavy atom. The first-order valence-corrected chi connectivity index (χ1v) is 8.15. The normalized spacial score (nSPS) is 16.5. The average molecular weight is 291 g/mol. The van der Waals surface area contributed by atoms with Crippen LogP contribution in [0.5, 0.6) is 11.5 Å². The number of nitrogens with zero attached hydrogens (tertiary/aromatic N) is 1. The average Bonchev–Trinajstić information content (AvgIpc) is 2.85. The van der Waals surface area contributed by atoms with E-state index in [9.17, 15) is 0 Å². The number of hydrogen-bond acceptors (Lipinski definition) is 3. The van der Waals surface area contributed by atoms with E-state index in [4.69, 9.17) is 9.47 Å². The van der Waals surface area contributed by atoms with Crippen molar-refractivity contribution in [3.8, 4) is 11.5 Å². The molecule has 0 bridgehead atoms. The van der Waals surface area contributed by atoms with Gasteiger partial charge in [0, 0.05) is 12.1 Å². The summed E-state index contributed by atoms with van der Waals surface area (Å²) in [6.07, 6.45) is 2.30. The van der Waals surface area contributed by atoms with Crippen molar-refractivity contribution in [3.05, 3.63) is 23.8 Å². The zero-order valence-electron chi connectivity index (χ0n) is 14.1. The van der Waals surface area contributed by atoms with Crippen molar-refractivity contribution in [1.29, 1.82) is 0 Å². The molecule has 2 unspecified atom stereocenters. The van der Waals surface area contributed by atoms with Crippen LogP contribution in [0.1, 0.15) is 46.6 Å². The van der Waals surface area contributed by atoms with E-state index in [-0.39, 0.29) is 0 Å². The molecular weight excluding hydrogens is 262 g/mol. The number of benzene rings is 1. The Balaban J connectivity index is 2.00. The van der Waals surface area contributed by atoms with E-state index in [0.717, 1.165) is 30.4 Å². The van der Waals surface area contributed by atoms with Gasteiger partial charge in [0.05, 0.1) is 0 Å². The minimum Gasteiger partial charge on any atom is -0.454 e. The van der Waals surface area contributed by atoms with Crippen molar-refractivity contribution in [2.24, 2.45) is 5.92 Å². The van der Waals surface area contributed by atoms with Gasteiger partial charge in [-0.3, -0.25) is 4.90 Å². The molecule has 2 rings (SSSR count). The van der Waals surface area contributed by atoms with Crippen molar-refractivity contribution in [1.82, 2.24) is 4.90 Å². The van der Waals surface area contributed by atoms with Gasteiger partial charge in [0.1, 0.15) is 0 Å². The smallest absolute Gasteiger partial charge is 0.231 e. The lowest BCUT2D eigenvalue weighted by Crippen LogP contribution is -2.41. The van der Waals surface area contributed by atoms with Gasteiger partial charge >= 0.3 is 0 Å². The van der Waals surface area contributed by atoms with Gasteiger partial charge in [0.2, 0.25) is 6.79 Å². The van der Waals surface area contributed by atoms with E-state index in [1.165, 1.54) is 12.0 Å². The maximum Gasteiger partial charge on any atom is 0.231 e.